The lowest BCUT2D eigenvalue weighted by Crippen LogP contribution is -2.58. The molecule has 0 spiro atoms. The Labute approximate surface area is 166 Å². The smallest absolute Gasteiger partial charge is 0.333 e. The number of carbonyl (C=O) groups is 2. The van der Waals surface area contributed by atoms with Crippen molar-refractivity contribution in [3.63, 3.8) is 0 Å². The number of rotatable bonds is 13. The molecular weight excluding hydrogens is 372 g/mol. The number of methoxy groups -OCH3 is 3. The van der Waals surface area contributed by atoms with Crippen molar-refractivity contribution >= 4 is 11.8 Å². The van der Waals surface area contributed by atoms with Gasteiger partial charge in [-0.3, -0.25) is 0 Å². The van der Waals surface area contributed by atoms with E-state index in [-0.39, 0.29) is 32.1 Å². The van der Waals surface area contributed by atoms with Crippen LogP contribution in [-0.4, -0.2) is 77.2 Å². The predicted molar refractivity (Wildman–Crippen MR) is 98.4 cm³/mol. The first-order chi connectivity index (χ1) is 13.4. The van der Waals surface area contributed by atoms with Crippen molar-refractivity contribution < 1.29 is 42.7 Å². The maximum Gasteiger partial charge on any atom is 0.333 e. The Bertz CT molecular complexity index is 508. The van der Waals surface area contributed by atoms with Crippen molar-refractivity contribution in [2.75, 3.05) is 41.5 Å². The van der Waals surface area contributed by atoms with Crippen molar-refractivity contribution in [3.8, 4) is 0 Å². The van der Waals surface area contributed by atoms with Crippen molar-refractivity contribution in [2.24, 2.45) is 0 Å². The number of hydrogen-bond donors (Lipinski definition) is 0. The molecule has 0 unspecified atom stereocenters. The minimum atomic E-state index is -0.787. The molecule has 1 rings (SSSR count). The van der Waals surface area contributed by atoms with Gasteiger partial charge < -0.3 is 38.0 Å². The molecule has 9 nitrogen and oxygen atoms in total. The van der Waals surface area contributed by atoms with Gasteiger partial charge in [-0.05, 0) is 20.3 Å². The normalized spacial score (nSPS) is 27.7. The van der Waals surface area contributed by atoms with Crippen LogP contribution >= 0.6 is 0 Å². The van der Waals surface area contributed by atoms with Crippen LogP contribution in [0.15, 0.2) is 12.3 Å². The van der Waals surface area contributed by atoms with E-state index >= 15 is 0 Å². The zero-order valence-corrected chi connectivity index (χ0v) is 17.3. The average Bonchev–Trinajstić information content (AvgIpc) is 2.66. The lowest BCUT2D eigenvalue weighted by Gasteiger charge is -2.47. The third-order valence-corrected chi connectivity index (χ3v) is 4.38. The first kappa shape index (κ1) is 24.5. The molecule has 1 aliphatic heterocycles. The van der Waals surface area contributed by atoms with E-state index in [4.69, 9.17) is 28.4 Å². The molecule has 0 aromatic rings. The molecule has 0 amide bonds. The number of esters is 1. The molecule has 0 aromatic carbocycles. The molecule has 0 aromatic heterocycles. The van der Waals surface area contributed by atoms with E-state index in [1.165, 1.54) is 40.6 Å². The largest absolute Gasteiger partial charge is 0.495 e. The fraction of sp³-hybridized carbons (Fsp3) is 0.789. The van der Waals surface area contributed by atoms with E-state index < -0.39 is 23.8 Å². The third-order valence-electron chi connectivity index (χ3n) is 4.38. The molecule has 4 atom stereocenters. The van der Waals surface area contributed by atoms with E-state index in [1.54, 1.807) is 0 Å². The number of hydrogen-bond acceptors (Lipinski definition) is 9. The highest BCUT2D eigenvalue weighted by Gasteiger charge is 2.47. The molecule has 9 heteroatoms. The Balaban J connectivity index is 2.93. The van der Waals surface area contributed by atoms with Crippen LogP contribution in [-0.2, 0) is 42.7 Å². The summed E-state index contributed by atoms with van der Waals surface area (Å²) < 4.78 is 37.9. The van der Waals surface area contributed by atoms with Gasteiger partial charge in [-0.25, -0.2) is 4.79 Å². The quantitative estimate of drug-likeness (QED) is 0.149. The Morgan fingerprint density at radius 3 is 2.50 bits per heavy atom. The van der Waals surface area contributed by atoms with Crippen molar-refractivity contribution in [2.45, 2.75) is 57.0 Å². The molecule has 1 fully saturated rings. The van der Waals surface area contributed by atoms with Gasteiger partial charge >= 0.3 is 5.97 Å². The van der Waals surface area contributed by atoms with Crippen LogP contribution in [0.1, 0.15) is 33.1 Å². The highest BCUT2D eigenvalue weighted by atomic mass is 16.7. The van der Waals surface area contributed by atoms with E-state index in [2.05, 4.69) is 4.74 Å². The Morgan fingerprint density at radius 2 is 1.89 bits per heavy atom. The standard InChI is InChI=1S/C19H32O9/c1-14(20)6-7-15-16(26-9-8-18(21)24-5)10-17(27-13-23-4)19(2,28-15)11-25-12-22-3/h8-9,15-17H,6-7,10-13H2,1-5H3/b9-8+/t15-,16+,17-,19+/m0/s1. The van der Waals surface area contributed by atoms with Crippen LogP contribution in [0.25, 0.3) is 0 Å². The summed E-state index contributed by atoms with van der Waals surface area (Å²) in [6.07, 6.45) is 2.55. The van der Waals surface area contributed by atoms with Gasteiger partial charge in [0.15, 0.2) is 0 Å². The van der Waals surface area contributed by atoms with Gasteiger partial charge in [0.05, 0.1) is 38.3 Å². The molecule has 1 saturated heterocycles. The number of ketones is 1. The molecule has 1 aliphatic rings. The summed E-state index contributed by atoms with van der Waals surface area (Å²) in [7, 11) is 4.35. The molecule has 0 aliphatic carbocycles. The highest BCUT2D eigenvalue weighted by molar-refractivity contribution is 5.81. The second-order valence-corrected chi connectivity index (χ2v) is 6.76. The van der Waals surface area contributed by atoms with Gasteiger partial charge in [0.25, 0.3) is 0 Å². The van der Waals surface area contributed by atoms with Gasteiger partial charge in [-0.15, -0.1) is 0 Å². The molecule has 28 heavy (non-hydrogen) atoms. The van der Waals surface area contributed by atoms with E-state index in [1.807, 2.05) is 6.92 Å². The minimum Gasteiger partial charge on any atom is -0.495 e. The summed E-state index contributed by atoms with van der Waals surface area (Å²) in [4.78, 5) is 22.7. The monoisotopic (exact) mass is 404 g/mol. The summed E-state index contributed by atoms with van der Waals surface area (Å²) in [6, 6.07) is 0. The zero-order chi connectivity index (χ0) is 21.0. The summed E-state index contributed by atoms with van der Waals surface area (Å²) in [5.74, 6) is -0.468. The molecule has 162 valence electrons. The number of ether oxygens (including phenoxy) is 7. The molecule has 0 N–H and O–H groups in total. The highest BCUT2D eigenvalue weighted by Crippen LogP contribution is 2.35. The Morgan fingerprint density at radius 1 is 1.18 bits per heavy atom. The molecule has 1 heterocycles. The second kappa shape index (κ2) is 12.8. The van der Waals surface area contributed by atoms with Gasteiger partial charge in [-0.2, -0.15) is 0 Å². The summed E-state index contributed by atoms with van der Waals surface area (Å²) in [5.41, 5.74) is -0.787. The summed E-state index contributed by atoms with van der Waals surface area (Å²) >= 11 is 0. The van der Waals surface area contributed by atoms with Gasteiger partial charge in [0.1, 0.15) is 31.1 Å². The fourth-order valence-corrected chi connectivity index (χ4v) is 2.96. The van der Waals surface area contributed by atoms with E-state index in [0.717, 1.165) is 0 Å². The summed E-state index contributed by atoms with van der Waals surface area (Å²) in [6.45, 7) is 3.84. The van der Waals surface area contributed by atoms with Crippen LogP contribution in [0.4, 0.5) is 0 Å². The maximum atomic E-state index is 11.5. The number of carbonyl (C=O) groups excluding carboxylic acids is 2. The Hall–Kier alpha value is -1.52. The number of Topliss-reactive ketones (excluding diaryl/α,β-unsaturated/α-hetero) is 1. The van der Waals surface area contributed by atoms with Gasteiger partial charge in [0.2, 0.25) is 0 Å². The lowest BCUT2D eigenvalue weighted by molar-refractivity contribution is -0.267. The molecule has 0 saturated carbocycles. The van der Waals surface area contributed by atoms with Crippen LogP contribution in [0, 0.1) is 0 Å². The first-order valence-electron chi connectivity index (χ1n) is 9.10. The summed E-state index contributed by atoms with van der Waals surface area (Å²) in [5, 5.41) is 0. The van der Waals surface area contributed by atoms with Crippen molar-refractivity contribution in [1.29, 1.82) is 0 Å². The molecule has 0 bridgehead atoms. The predicted octanol–water partition coefficient (Wildman–Crippen LogP) is 1.58. The zero-order valence-electron chi connectivity index (χ0n) is 17.3. The second-order valence-electron chi connectivity index (χ2n) is 6.76. The minimum absolute atomic E-state index is 0.0579. The van der Waals surface area contributed by atoms with Crippen LogP contribution in [0.5, 0.6) is 0 Å². The maximum absolute atomic E-state index is 11.5. The average molecular weight is 404 g/mol. The SMILES string of the molecule is COCOC[C@@]1(C)O[C@@H](CCC(C)=O)[C@H](O/C=C/C(=O)OC)C[C@@H]1OCOC. The molecule has 0 radical (unpaired) electrons. The van der Waals surface area contributed by atoms with E-state index in [0.29, 0.717) is 19.3 Å². The fourth-order valence-electron chi connectivity index (χ4n) is 2.96. The van der Waals surface area contributed by atoms with Crippen LogP contribution in [0.2, 0.25) is 0 Å². The van der Waals surface area contributed by atoms with Crippen molar-refractivity contribution in [3.05, 3.63) is 12.3 Å². The van der Waals surface area contributed by atoms with Crippen LogP contribution in [0.3, 0.4) is 0 Å². The first-order valence-corrected chi connectivity index (χ1v) is 9.10. The van der Waals surface area contributed by atoms with Crippen molar-refractivity contribution in [1.82, 2.24) is 0 Å². The third kappa shape index (κ3) is 8.24. The van der Waals surface area contributed by atoms with Gasteiger partial charge in [-0.1, -0.05) is 0 Å². The van der Waals surface area contributed by atoms with Gasteiger partial charge in [0, 0.05) is 27.1 Å². The van der Waals surface area contributed by atoms with Crippen LogP contribution < -0.4 is 0 Å². The lowest BCUT2D eigenvalue weighted by atomic mass is 9.87. The topological polar surface area (TPSA) is 98.8 Å². The molecular formula is C19H32O9. The van der Waals surface area contributed by atoms with E-state index in [9.17, 15) is 9.59 Å². The Kier molecular flexibility index (Phi) is 11.2.